The lowest BCUT2D eigenvalue weighted by molar-refractivity contribution is -0.122. The van der Waals surface area contributed by atoms with E-state index in [2.05, 4.69) is 17.6 Å². The first kappa shape index (κ1) is 22.0. The summed E-state index contributed by atoms with van der Waals surface area (Å²) in [7, 11) is 0. The van der Waals surface area contributed by atoms with Gasteiger partial charge in [0.2, 0.25) is 11.8 Å². The number of benzene rings is 1. The molecule has 5 heteroatoms. The number of nitrogens with one attached hydrogen (secondary N) is 2. The van der Waals surface area contributed by atoms with Gasteiger partial charge in [0.1, 0.15) is 5.75 Å². The highest BCUT2D eigenvalue weighted by molar-refractivity contribution is 5.80. The quantitative estimate of drug-likeness (QED) is 0.345. The van der Waals surface area contributed by atoms with E-state index in [4.69, 9.17) is 0 Å². The van der Waals surface area contributed by atoms with Crippen LogP contribution in [0.3, 0.4) is 0 Å². The number of unbranched alkanes of at least 4 members (excludes halogenated alkanes) is 8. The molecule has 26 heavy (non-hydrogen) atoms. The molecule has 1 aromatic rings. The van der Waals surface area contributed by atoms with Gasteiger partial charge in [-0.25, -0.2) is 0 Å². The fourth-order valence-corrected chi connectivity index (χ4v) is 2.79. The Morgan fingerprint density at radius 2 is 1.35 bits per heavy atom. The molecule has 0 saturated carbocycles. The topological polar surface area (TPSA) is 78.4 Å². The van der Waals surface area contributed by atoms with Crippen LogP contribution < -0.4 is 10.6 Å². The molecule has 0 radical (unpaired) electrons. The highest BCUT2D eigenvalue weighted by Crippen LogP contribution is 2.11. The van der Waals surface area contributed by atoms with Gasteiger partial charge < -0.3 is 15.7 Å². The SMILES string of the molecule is CCCCCCCCCCCC(=O)NCNC(=O)Cc1ccc(O)cc1. The Balaban J connectivity index is 1.96. The first-order valence-corrected chi connectivity index (χ1v) is 9.93. The average Bonchev–Trinajstić information content (AvgIpc) is 2.62. The number of carbonyl (C=O) groups excluding carboxylic acids is 2. The largest absolute Gasteiger partial charge is 0.508 e. The molecule has 1 aromatic carbocycles. The van der Waals surface area contributed by atoms with E-state index in [1.807, 2.05) is 0 Å². The van der Waals surface area contributed by atoms with E-state index in [0.717, 1.165) is 18.4 Å². The van der Waals surface area contributed by atoms with Crippen LogP contribution in [0.1, 0.15) is 76.7 Å². The van der Waals surface area contributed by atoms with Crippen LogP contribution in [0.5, 0.6) is 5.75 Å². The van der Waals surface area contributed by atoms with Crippen LogP contribution >= 0.6 is 0 Å². The van der Waals surface area contributed by atoms with Gasteiger partial charge in [-0.2, -0.15) is 0 Å². The Hall–Kier alpha value is -2.04. The summed E-state index contributed by atoms with van der Waals surface area (Å²) in [6.07, 6.45) is 11.8. The van der Waals surface area contributed by atoms with Gasteiger partial charge in [-0.15, -0.1) is 0 Å². The maximum atomic E-state index is 11.8. The van der Waals surface area contributed by atoms with E-state index in [0.29, 0.717) is 6.42 Å². The number of phenolic OH excluding ortho intramolecular Hbond substituents is 1. The Morgan fingerprint density at radius 1 is 0.808 bits per heavy atom. The molecule has 2 amide bonds. The smallest absolute Gasteiger partial charge is 0.225 e. The summed E-state index contributed by atoms with van der Waals surface area (Å²) in [6, 6.07) is 6.51. The molecule has 3 N–H and O–H groups in total. The summed E-state index contributed by atoms with van der Waals surface area (Å²) < 4.78 is 0. The zero-order valence-electron chi connectivity index (χ0n) is 16.1. The third kappa shape index (κ3) is 11.5. The van der Waals surface area contributed by atoms with Crippen molar-refractivity contribution in [3.05, 3.63) is 29.8 Å². The molecule has 146 valence electrons. The van der Waals surface area contributed by atoms with Crippen molar-refractivity contribution in [2.24, 2.45) is 0 Å². The lowest BCUT2D eigenvalue weighted by Gasteiger charge is -2.08. The van der Waals surface area contributed by atoms with Crippen LogP contribution in [-0.2, 0) is 16.0 Å². The predicted octanol–water partition coefficient (Wildman–Crippen LogP) is 4.05. The number of hydrogen-bond acceptors (Lipinski definition) is 3. The normalized spacial score (nSPS) is 10.5. The van der Waals surface area contributed by atoms with Gasteiger partial charge in [0.15, 0.2) is 0 Å². The molecule has 0 aliphatic heterocycles. The summed E-state index contributed by atoms with van der Waals surface area (Å²) in [4.78, 5) is 23.5. The van der Waals surface area contributed by atoms with E-state index in [1.54, 1.807) is 24.3 Å². The van der Waals surface area contributed by atoms with Gasteiger partial charge >= 0.3 is 0 Å². The van der Waals surface area contributed by atoms with E-state index in [-0.39, 0.29) is 30.7 Å². The van der Waals surface area contributed by atoms with Crippen molar-refractivity contribution in [1.29, 1.82) is 0 Å². The van der Waals surface area contributed by atoms with Crippen molar-refractivity contribution in [3.63, 3.8) is 0 Å². The van der Waals surface area contributed by atoms with Crippen LogP contribution in [0.25, 0.3) is 0 Å². The average molecular weight is 363 g/mol. The molecule has 5 nitrogen and oxygen atoms in total. The number of aromatic hydroxyl groups is 1. The Kier molecular flexibility index (Phi) is 12.0. The van der Waals surface area contributed by atoms with Gasteiger partial charge in [0.05, 0.1) is 13.1 Å². The molecular formula is C21H34N2O3. The van der Waals surface area contributed by atoms with Crippen molar-refractivity contribution in [1.82, 2.24) is 10.6 Å². The van der Waals surface area contributed by atoms with Gasteiger partial charge in [-0.1, -0.05) is 70.4 Å². The van der Waals surface area contributed by atoms with Crippen molar-refractivity contribution in [2.45, 2.75) is 77.6 Å². The summed E-state index contributed by atoms with van der Waals surface area (Å²) in [6.45, 7) is 2.39. The summed E-state index contributed by atoms with van der Waals surface area (Å²) in [5.41, 5.74) is 0.821. The molecule has 0 spiro atoms. The van der Waals surface area contributed by atoms with Crippen molar-refractivity contribution < 1.29 is 14.7 Å². The van der Waals surface area contributed by atoms with Gasteiger partial charge in [0, 0.05) is 6.42 Å². The predicted molar refractivity (Wildman–Crippen MR) is 105 cm³/mol. The highest BCUT2D eigenvalue weighted by atomic mass is 16.3. The van der Waals surface area contributed by atoms with E-state index in [9.17, 15) is 14.7 Å². The van der Waals surface area contributed by atoms with Gasteiger partial charge in [-0.3, -0.25) is 9.59 Å². The van der Waals surface area contributed by atoms with Crippen LogP contribution in [0, 0.1) is 0 Å². The minimum Gasteiger partial charge on any atom is -0.508 e. The molecule has 1 rings (SSSR count). The minimum atomic E-state index is -0.154. The molecular weight excluding hydrogens is 328 g/mol. The molecule has 0 fully saturated rings. The second kappa shape index (κ2) is 14.2. The Labute approximate surface area is 157 Å². The zero-order valence-corrected chi connectivity index (χ0v) is 16.1. The number of amides is 2. The van der Waals surface area contributed by atoms with E-state index < -0.39 is 0 Å². The molecule has 0 aromatic heterocycles. The molecule has 0 atom stereocenters. The first-order valence-electron chi connectivity index (χ1n) is 9.93. The highest BCUT2D eigenvalue weighted by Gasteiger charge is 2.05. The maximum absolute atomic E-state index is 11.8. The lowest BCUT2D eigenvalue weighted by atomic mass is 10.1. The summed E-state index contributed by atoms with van der Waals surface area (Å²) >= 11 is 0. The zero-order chi connectivity index (χ0) is 19.0. The maximum Gasteiger partial charge on any atom is 0.225 e. The monoisotopic (exact) mass is 362 g/mol. The Morgan fingerprint density at radius 3 is 1.96 bits per heavy atom. The van der Waals surface area contributed by atoms with Gasteiger partial charge in [0.25, 0.3) is 0 Å². The van der Waals surface area contributed by atoms with Crippen molar-refractivity contribution >= 4 is 11.8 Å². The number of rotatable bonds is 14. The second-order valence-electron chi connectivity index (χ2n) is 6.80. The molecule has 0 aliphatic rings. The number of hydrogen-bond donors (Lipinski definition) is 3. The Bertz CT molecular complexity index is 514. The van der Waals surface area contributed by atoms with Crippen molar-refractivity contribution in [3.8, 4) is 5.75 Å². The molecule has 0 bridgehead atoms. The first-order chi connectivity index (χ1) is 12.6. The van der Waals surface area contributed by atoms with Crippen LogP contribution in [0.2, 0.25) is 0 Å². The standard InChI is InChI=1S/C21H34N2O3/c1-2-3-4-5-6-7-8-9-10-11-20(25)22-17-23-21(26)16-18-12-14-19(24)15-13-18/h12-15,24H,2-11,16-17H2,1H3,(H,22,25)(H,23,26). The summed E-state index contributed by atoms with van der Waals surface area (Å²) in [5.74, 6) is 0.00913. The van der Waals surface area contributed by atoms with Crippen molar-refractivity contribution in [2.75, 3.05) is 6.67 Å². The fraction of sp³-hybridized carbons (Fsp3) is 0.619. The van der Waals surface area contributed by atoms with E-state index >= 15 is 0 Å². The number of carbonyl (C=O) groups is 2. The van der Waals surface area contributed by atoms with Crippen LogP contribution in [0.4, 0.5) is 0 Å². The molecule has 0 unspecified atom stereocenters. The molecule has 0 aliphatic carbocycles. The minimum absolute atomic E-state index is 0.0159. The molecule has 0 heterocycles. The molecule has 0 saturated heterocycles. The third-order valence-electron chi connectivity index (χ3n) is 4.38. The van der Waals surface area contributed by atoms with Crippen LogP contribution in [0.15, 0.2) is 24.3 Å². The fourth-order valence-electron chi connectivity index (χ4n) is 2.79. The van der Waals surface area contributed by atoms with Crippen LogP contribution in [-0.4, -0.2) is 23.6 Å². The van der Waals surface area contributed by atoms with Gasteiger partial charge in [-0.05, 0) is 24.1 Å². The summed E-state index contributed by atoms with van der Waals surface area (Å²) in [5, 5.41) is 14.6. The number of phenols is 1. The second-order valence-corrected chi connectivity index (χ2v) is 6.80. The third-order valence-corrected chi connectivity index (χ3v) is 4.38. The van der Waals surface area contributed by atoms with E-state index in [1.165, 1.54) is 44.9 Å². The lowest BCUT2D eigenvalue weighted by Crippen LogP contribution is -2.37.